The molecular weight excluding hydrogens is 216 g/mol. The van der Waals surface area contributed by atoms with Crippen LogP contribution >= 0.6 is 11.8 Å². The summed E-state index contributed by atoms with van der Waals surface area (Å²) in [6.07, 6.45) is 0. The van der Waals surface area contributed by atoms with Crippen molar-refractivity contribution in [2.24, 2.45) is 0 Å². The van der Waals surface area contributed by atoms with Crippen LogP contribution in [0, 0.1) is 0 Å². The molecule has 0 saturated carbocycles. The van der Waals surface area contributed by atoms with Crippen LogP contribution in [0.4, 0.5) is 0 Å². The molecule has 0 amide bonds. The summed E-state index contributed by atoms with van der Waals surface area (Å²) in [7, 11) is 0. The van der Waals surface area contributed by atoms with E-state index in [1.165, 1.54) is 0 Å². The van der Waals surface area contributed by atoms with Gasteiger partial charge in [-0.25, -0.2) is 4.68 Å². The summed E-state index contributed by atoms with van der Waals surface area (Å²) >= 11 is 1.55. The molecule has 0 aliphatic rings. The molecule has 7 heteroatoms. The highest BCUT2D eigenvalue weighted by Gasteiger charge is 2.08. The lowest BCUT2D eigenvalue weighted by molar-refractivity contribution is 0.103. The maximum atomic E-state index is 8.50. The number of aromatic nitrogens is 4. The van der Waals surface area contributed by atoms with E-state index in [1.54, 1.807) is 16.4 Å². The molecule has 0 saturated heterocycles. The Kier molecular flexibility index (Phi) is 5.59. The maximum Gasteiger partial charge on any atom is 0.209 e. The van der Waals surface area contributed by atoms with Gasteiger partial charge in [-0.05, 0) is 24.3 Å². The first-order valence-corrected chi connectivity index (χ1v) is 5.83. The van der Waals surface area contributed by atoms with Gasteiger partial charge in [0, 0.05) is 5.75 Å². The number of aliphatic hydroxyl groups is 1. The van der Waals surface area contributed by atoms with Crippen LogP contribution in [-0.4, -0.2) is 50.9 Å². The molecule has 0 aromatic carbocycles. The zero-order chi connectivity index (χ0) is 11.1. The van der Waals surface area contributed by atoms with E-state index >= 15 is 0 Å². The molecule has 1 rings (SSSR count). The van der Waals surface area contributed by atoms with Crippen molar-refractivity contribution in [1.29, 1.82) is 0 Å². The van der Waals surface area contributed by atoms with Crippen molar-refractivity contribution in [2.45, 2.75) is 25.0 Å². The quantitative estimate of drug-likeness (QED) is 0.540. The Morgan fingerprint density at radius 1 is 1.47 bits per heavy atom. The third-order valence-corrected chi connectivity index (χ3v) is 2.54. The predicted molar refractivity (Wildman–Crippen MR) is 56.8 cm³/mol. The number of hydrogen-bond donors (Lipinski definition) is 1. The molecule has 0 aliphatic carbocycles. The van der Waals surface area contributed by atoms with Crippen LogP contribution in [0.25, 0.3) is 0 Å². The second-order valence-corrected chi connectivity index (χ2v) is 4.25. The molecule has 0 spiro atoms. The van der Waals surface area contributed by atoms with Gasteiger partial charge in [-0.2, -0.15) is 0 Å². The van der Waals surface area contributed by atoms with E-state index in [4.69, 9.17) is 9.84 Å². The predicted octanol–water partition coefficient (Wildman–Crippen LogP) is 0.355. The van der Waals surface area contributed by atoms with Crippen LogP contribution < -0.4 is 0 Å². The van der Waals surface area contributed by atoms with E-state index in [1.807, 2.05) is 13.8 Å². The Hall–Kier alpha value is -0.660. The SMILES string of the molecule is CC(C)n1nnnc1SCCOCCO. The van der Waals surface area contributed by atoms with Crippen molar-refractivity contribution in [2.75, 3.05) is 25.6 Å². The van der Waals surface area contributed by atoms with Gasteiger partial charge in [0.25, 0.3) is 0 Å². The van der Waals surface area contributed by atoms with Gasteiger partial charge >= 0.3 is 0 Å². The Morgan fingerprint density at radius 2 is 2.27 bits per heavy atom. The molecule has 1 N–H and O–H groups in total. The number of aliphatic hydroxyl groups excluding tert-OH is 1. The van der Waals surface area contributed by atoms with Crippen LogP contribution in [0.2, 0.25) is 0 Å². The second kappa shape index (κ2) is 6.76. The number of ether oxygens (including phenoxy) is 1. The normalized spacial score (nSPS) is 11.2. The minimum absolute atomic E-state index is 0.0639. The fourth-order valence-electron chi connectivity index (χ4n) is 0.963. The highest BCUT2D eigenvalue weighted by molar-refractivity contribution is 7.99. The first-order valence-electron chi connectivity index (χ1n) is 4.85. The van der Waals surface area contributed by atoms with E-state index in [0.717, 1.165) is 10.9 Å². The van der Waals surface area contributed by atoms with Crippen molar-refractivity contribution in [3.63, 3.8) is 0 Å². The minimum Gasteiger partial charge on any atom is -0.394 e. The molecule has 0 bridgehead atoms. The summed E-state index contributed by atoms with van der Waals surface area (Å²) in [6.45, 7) is 5.10. The summed E-state index contributed by atoms with van der Waals surface area (Å²) < 4.78 is 6.91. The van der Waals surface area contributed by atoms with Gasteiger partial charge in [-0.3, -0.25) is 0 Å². The third kappa shape index (κ3) is 4.15. The molecule has 1 aromatic heterocycles. The molecule has 0 aliphatic heterocycles. The Balaban J connectivity index is 2.28. The molecule has 0 unspecified atom stereocenters. The smallest absolute Gasteiger partial charge is 0.209 e. The van der Waals surface area contributed by atoms with E-state index in [-0.39, 0.29) is 12.6 Å². The van der Waals surface area contributed by atoms with Gasteiger partial charge in [0.1, 0.15) is 0 Å². The zero-order valence-corrected chi connectivity index (χ0v) is 9.77. The molecule has 0 atom stereocenters. The van der Waals surface area contributed by atoms with Gasteiger partial charge in [0.15, 0.2) is 0 Å². The lowest BCUT2D eigenvalue weighted by Gasteiger charge is -2.06. The van der Waals surface area contributed by atoms with Crippen LogP contribution in [0.15, 0.2) is 5.16 Å². The van der Waals surface area contributed by atoms with Crippen molar-refractivity contribution >= 4 is 11.8 Å². The number of thioether (sulfide) groups is 1. The van der Waals surface area contributed by atoms with Crippen molar-refractivity contribution in [1.82, 2.24) is 20.2 Å². The third-order valence-electron chi connectivity index (χ3n) is 1.65. The molecule has 1 heterocycles. The average molecular weight is 232 g/mol. The fourth-order valence-corrected chi connectivity index (χ4v) is 1.82. The van der Waals surface area contributed by atoms with Crippen LogP contribution in [0.3, 0.4) is 0 Å². The maximum absolute atomic E-state index is 8.50. The van der Waals surface area contributed by atoms with Gasteiger partial charge in [-0.1, -0.05) is 11.8 Å². The van der Waals surface area contributed by atoms with Gasteiger partial charge < -0.3 is 9.84 Å². The number of tetrazole rings is 1. The molecular formula is C8H16N4O2S. The van der Waals surface area contributed by atoms with E-state index in [9.17, 15) is 0 Å². The topological polar surface area (TPSA) is 73.1 Å². The van der Waals surface area contributed by atoms with Gasteiger partial charge in [-0.15, -0.1) is 5.10 Å². The number of rotatable bonds is 7. The Morgan fingerprint density at radius 3 is 2.93 bits per heavy atom. The molecule has 15 heavy (non-hydrogen) atoms. The van der Waals surface area contributed by atoms with E-state index in [0.29, 0.717) is 13.2 Å². The van der Waals surface area contributed by atoms with Crippen LogP contribution in [0.1, 0.15) is 19.9 Å². The van der Waals surface area contributed by atoms with Crippen LogP contribution in [-0.2, 0) is 4.74 Å². The summed E-state index contributed by atoms with van der Waals surface area (Å²) in [5.41, 5.74) is 0. The molecule has 6 nitrogen and oxygen atoms in total. The zero-order valence-electron chi connectivity index (χ0n) is 8.96. The summed E-state index contributed by atoms with van der Waals surface area (Å²) in [6, 6.07) is 0.265. The van der Waals surface area contributed by atoms with Crippen molar-refractivity contribution in [3.8, 4) is 0 Å². The second-order valence-electron chi connectivity index (χ2n) is 3.18. The minimum atomic E-state index is 0.0639. The number of hydrogen-bond acceptors (Lipinski definition) is 6. The van der Waals surface area contributed by atoms with Crippen molar-refractivity contribution < 1.29 is 9.84 Å². The number of nitrogens with zero attached hydrogens (tertiary/aromatic N) is 4. The Bertz CT molecular complexity index is 279. The summed E-state index contributed by atoms with van der Waals surface area (Å²) in [5, 5.41) is 20.7. The Labute approximate surface area is 93.0 Å². The standard InChI is InChI=1S/C8H16N4O2S/c1-7(2)12-8(9-10-11-12)15-6-5-14-4-3-13/h7,13H,3-6H2,1-2H3. The largest absolute Gasteiger partial charge is 0.394 e. The highest BCUT2D eigenvalue weighted by Crippen LogP contribution is 2.16. The lowest BCUT2D eigenvalue weighted by Crippen LogP contribution is -2.06. The lowest BCUT2D eigenvalue weighted by atomic mass is 10.4. The van der Waals surface area contributed by atoms with Crippen molar-refractivity contribution in [3.05, 3.63) is 0 Å². The van der Waals surface area contributed by atoms with E-state index < -0.39 is 0 Å². The molecule has 0 fully saturated rings. The first-order chi connectivity index (χ1) is 7.25. The van der Waals surface area contributed by atoms with Gasteiger partial charge in [0.2, 0.25) is 5.16 Å². The average Bonchev–Trinajstić information content (AvgIpc) is 2.66. The molecule has 0 radical (unpaired) electrons. The summed E-state index contributed by atoms with van der Waals surface area (Å²) in [5.74, 6) is 0.785. The van der Waals surface area contributed by atoms with Gasteiger partial charge in [0.05, 0.1) is 25.9 Å². The first kappa shape index (κ1) is 12.4. The highest BCUT2D eigenvalue weighted by atomic mass is 32.2. The molecule has 86 valence electrons. The fraction of sp³-hybridized carbons (Fsp3) is 0.875. The summed E-state index contributed by atoms with van der Waals surface area (Å²) in [4.78, 5) is 0. The monoisotopic (exact) mass is 232 g/mol. The van der Waals surface area contributed by atoms with E-state index in [2.05, 4.69) is 15.5 Å². The van der Waals surface area contributed by atoms with Crippen LogP contribution in [0.5, 0.6) is 0 Å². The molecule has 1 aromatic rings.